The van der Waals surface area contributed by atoms with Gasteiger partial charge in [0.2, 0.25) is 0 Å². The number of nitrogens with one attached hydrogen (secondary N) is 1. The van der Waals surface area contributed by atoms with Gasteiger partial charge in [-0.15, -0.1) is 0 Å². The fourth-order valence-electron chi connectivity index (χ4n) is 2.84. The first-order chi connectivity index (χ1) is 7.83. The third-order valence-electron chi connectivity index (χ3n) is 3.76. The Bertz CT molecular complexity index is 382. The van der Waals surface area contributed by atoms with Crippen molar-refractivity contribution in [1.29, 1.82) is 0 Å². The van der Waals surface area contributed by atoms with E-state index >= 15 is 0 Å². The summed E-state index contributed by atoms with van der Waals surface area (Å²) in [5.41, 5.74) is 0.922. The molecule has 86 valence electrons. The smallest absolute Gasteiger partial charge is 0.143 e. The first kappa shape index (κ1) is 10.0. The van der Waals surface area contributed by atoms with Gasteiger partial charge in [0.1, 0.15) is 5.82 Å². The van der Waals surface area contributed by atoms with E-state index in [1.54, 1.807) is 12.3 Å². The molecule has 2 aliphatic rings. The van der Waals surface area contributed by atoms with Gasteiger partial charge in [-0.1, -0.05) is 0 Å². The fourth-order valence-corrected chi connectivity index (χ4v) is 2.84. The third kappa shape index (κ3) is 1.78. The van der Waals surface area contributed by atoms with Gasteiger partial charge in [-0.2, -0.15) is 0 Å². The van der Waals surface area contributed by atoms with Crippen LogP contribution in [0.4, 0.5) is 10.1 Å². The van der Waals surface area contributed by atoms with Crippen molar-refractivity contribution in [2.24, 2.45) is 11.8 Å². The van der Waals surface area contributed by atoms with E-state index in [1.807, 2.05) is 0 Å². The summed E-state index contributed by atoms with van der Waals surface area (Å²) < 4.78 is 13.1. The highest BCUT2D eigenvalue weighted by Crippen LogP contribution is 2.29. The van der Waals surface area contributed by atoms with E-state index in [2.05, 4.69) is 15.2 Å². The second-order valence-electron chi connectivity index (χ2n) is 4.77. The Balaban J connectivity index is 1.76. The monoisotopic (exact) mass is 221 g/mol. The van der Waals surface area contributed by atoms with Crippen molar-refractivity contribution in [2.45, 2.75) is 6.42 Å². The first-order valence-corrected chi connectivity index (χ1v) is 5.89. The molecule has 2 aliphatic heterocycles. The van der Waals surface area contributed by atoms with E-state index in [9.17, 15) is 4.39 Å². The molecule has 4 heteroatoms. The van der Waals surface area contributed by atoms with Crippen LogP contribution in [0.5, 0.6) is 0 Å². The maximum Gasteiger partial charge on any atom is 0.143 e. The zero-order valence-electron chi connectivity index (χ0n) is 9.19. The zero-order valence-corrected chi connectivity index (χ0v) is 9.19. The Morgan fingerprint density at radius 2 is 2.19 bits per heavy atom. The van der Waals surface area contributed by atoms with Crippen LogP contribution < -0.4 is 10.2 Å². The second-order valence-corrected chi connectivity index (χ2v) is 4.77. The van der Waals surface area contributed by atoms with Gasteiger partial charge in [0.05, 0.1) is 18.1 Å². The van der Waals surface area contributed by atoms with Crippen LogP contribution in [0.1, 0.15) is 6.42 Å². The maximum atomic E-state index is 13.1. The van der Waals surface area contributed by atoms with E-state index in [0.717, 1.165) is 43.7 Å². The summed E-state index contributed by atoms with van der Waals surface area (Å²) in [7, 11) is 0. The van der Waals surface area contributed by atoms with Gasteiger partial charge in [-0.25, -0.2) is 4.39 Å². The average Bonchev–Trinajstić information content (AvgIpc) is 2.75. The van der Waals surface area contributed by atoms with Gasteiger partial charge < -0.3 is 10.2 Å². The topological polar surface area (TPSA) is 28.2 Å². The Morgan fingerprint density at radius 3 is 3.06 bits per heavy atom. The number of rotatable bonds is 1. The number of pyridine rings is 1. The average molecular weight is 221 g/mol. The molecule has 0 unspecified atom stereocenters. The molecule has 0 aliphatic carbocycles. The SMILES string of the molecule is Fc1cncc(N2CC[C@H]3CNC[C@H]3C2)c1. The van der Waals surface area contributed by atoms with Gasteiger partial charge in [-0.3, -0.25) is 4.98 Å². The third-order valence-corrected chi connectivity index (χ3v) is 3.76. The maximum absolute atomic E-state index is 13.1. The Hall–Kier alpha value is -1.16. The van der Waals surface area contributed by atoms with Crippen LogP contribution in [0.15, 0.2) is 18.5 Å². The zero-order chi connectivity index (χ0) is 11.0. The minimum Gasteiger partial charge on any atom is -0.370 e. The summed E-state index contributed by atoms with van der Waals surface area (Å²) in [4.78, 5) is 6.17. The van der Waals surface area contributed by atoms with E-state index in [-0.39, 0.29) is 5.82 Å². The molecule has 0 amide bonds. The second kappa shape index (κ2) is 4.01. The van der Waals surface area contributed by atoms with Crippen molar-refractivity contribution in [3.8, 4) is 0 Å². The van der Waals surface area contributed by atoms with Crippen molar-refractivity contribution < 1.29 is 4.39 Å². The number of aromatic nitrogens is 1. The van der Waals surface area contributed by atoms with Gasteiger partial charge >= 0.3 is 0 Å². The molecule has 0 bridgehead atoms. The van der Waals surface area contributed by atoms with Crippen LogP contribution in [0.2, 0.25) is 0 Å². The van der Waals surface area contributed by atoms with E-state index in [4.69, 9.17) is 0 Å². The molecule has 1 aromatic rings. The fraction of sp³-hybridized carbons (Fsp3) is 0.583. The lowest BCUT2D eigenvalue weighted by molar-refractivity contribution is 0.348. The van der Waals surface area contributed by atoms with Gasteiger partial charge in [0, 0.05) is 19.2 Å². The van der Waals surface area contributed by atoms with E-state index in [1.165, 1.54) is 12.6 Å². The Kier molecular flexibility index (Phi) is 2.52. The lowest BCUT2D eigenvalue weighted by atomic mass is 9.88. The summed E-state index contributed by atoms with van der Waals surface area (Å²) in [6, 6.07) is 1.58. The van der Waals surface area contributed by atoms with E-state index < -0.39 is 0 Å². The van der Waals surface area contributed by atoms with Crippen LogP contribution in [-0.4, -0.2) is 31.2 Å². The first-order valence-electron chi connectivity index (χ1n) is 5.89. The highest BCUT2D eigenvalue weighted by atomic mass is 19.1. The highest BCUT2D eigenvalue weighted by molar-refractivity contribution is 5.44. The van der Waals surface area contributed by atoms with Crippen LogP contribution in [0.3, 0.4) is 0 Å². The van der Waals surface area contributed by atoms with Crippen molar-refractivity contribution >= 4 is 5.69 Å². The Morgan fingerprint density at radius 1 is 1.31 bits per heavy atom. The molecule has 0 saturated carbocycles. The molecule has 2 fully saturated rings. The quantitative estimate of drug-likeness (QED) is 0.774. The molecular formula is C12H16FN3. The summed E-state index contributed by atoms with van der Waals surface area (Å²) >= 11 is 0. The number of fused-ring (bicyclic) bond motifs is 1. The van der Waals surface area contributed by atoms with Gasteiger partial charge in [0.25, 0.3) is 0 Å². The van der Waals surface area contributed by atoms with Crippen LogP contribution in [0.25, 0.3) is 0 Å². The predicted molar refractivity (Wildman–Crippen MR) is 60.9 cm³/mol. The number of anilines is 1. The minimum atomic E-state index is -0.246. The molecular weight excluding hydrogens is 205 g/mol. The van der Waals surface area contributed by atoms with Crippen molar-refractivity contribution in [1.82, 2.24) is 10.3 Å². The molecule has 3 rings (SSSR count). The van der Waals surface area contributed by atoms with E-state index in [0.29, 0.717) is 0 Å². The highest BCUT2D eigenvalue weighted by Gasteiger charge is 2.32. The molecule has 2 saturated heterocycles. The lowest BCUT2D eigenvalue weighted by Gasteiger charge is -2.35. The molecule has 0 spiro atoms. The number of halogens is 1. The number of nitrogens with zero attached hydrogens (tertiary/aromatic N) is 2. The number of piperidine rings is 1. The molecule has 3 nitrogen and oxygen atoms in total. The molecule has 3 heterocycles. The number of hydrogen-bond acceptors (Lipinski definition) is 3. The standard InChI is InChI=1S/C12H16FN3/c13-11-3-12(7-15-6-11)16-2-1-9-4-14-5-10(9)8-16/h3,6-7,9-10,14H,1-2,4-5,8H2/t9-,10-/m0/s1. The Labute approximate surface area is 94.7 Å². The van der Waals surface area contributed by atoms with Crippen LogP contribution >= 0.6 is 0 Å². The normalized spacial score (nSPS) is 29.2. The van der Waals surface area contributed by atoms with Crippen molar-refractivity contribution in [2.75, 3.05) is 31.1 Å². The summed E-state index contributed by atoms with van der Waals surface area (Å²) in [5, 5.41) is 3.43. The van der Waals surface area contributed by atoms with Crippen LogP contribution in [-0.2, 0) is 0 Å². The predicted octanol–water partition coefficient (Wildman–Crippen LogP) is 1.27. The van der Waals surface area contributed by atoms with Crippen molar-refractivity contribution in [3.63, 3.8) is 0 Å². The molecule has 16 heavy (non-hydrogen) atoms. The molecule has 0 radical (unpaired) electrons. The van der Waals surface area contributed by atoms with Gasteiger partial charge in [-0.05, 0) is 31.3 Å². The largest absolute Gasteiger partial charge is 0.370 e. The summed E-state index contributed by atoms with van der Waals surface area (Å²) in [6.07, 6.45) is 4.22. The summed E-state index contributed by atoms with van der Waals surface area (Å²) in [6.45, 7) is 4.31. The number of hydrogen-bond donors (Lipinski definition) is 1. The molecule has 0 aromatic carbocycles. The van der Waals surface area contributed by atoms with Crippen LogP contribution in [0, 0.1) is 17.7 Å². The van der Waals surface area contributed by atoms with Crippen molar-refractivity contribution in [3.05, 3.63) is 24.3 Å². The molecule has 2 atom stereocenters. The minimum absolute atomic E-state index is 0.246. The van der Waals surface area contributed by atoms with Gasteiger partial charge in [0.15, 0.2) is 0 Å². The summed E-state index contributed by atoms with van der Waals surface area (Å²) in [5.74, 6) is 1.29. The molecule has 1 aromatic heterocycles. The lowest BCUT2D eigenvalue weighted by Crippen LogP contribution is -2.40. The molecule has 1 N–H and O–H groups in total.